The number of nitrogen functional groups attached to an aromatic ring is 1. The van der Waals surface area contributed by atoms with Crippen molar-refractivity contribution in [3.05, 3.63) is 26.9 Å². The van der Waals surface area contributed by atoms with Crippen LogP contribution in [0.1, 0.15) is 15.2 Å². The Morgan fingerprint density at radius 2 is 2.28 bits per heavy atom. The fourth-order valence-corrected chi connectivity index (χ4v) is 3.28. The highest BCUT2D eigenvalue weighted by molar-refractivity contribution is 7.16. The third kappa shape index (κ3) is 2.92. The third-order valence-corrected chi connectivity index (χ3v) is 4.36. The van der Waals surface area contributed by atoms with Crippen LogP contribution in [-0.2, 0) is 6.42 Å². The molecule has 2 aromatic heterocycles. The van der Waals surface area contributed by atoms with Crippen molar-refractivity contribution in [3.8, 4) is 0 Å². The summed E-state index contributed by atoms with van der Waals surface area (Å²) in [5.41, 5.74) is 11.1. The molecule has 0 saturated heterocycles. The predicted octanol–water partition coefficient (Wildman–Crippen LogP) is 2.19. The summed E-state index contributed by atoms with van der Waals surface area (Å²) in [5.74, 6) is -0.392. The minimum absolute atomic E-state index is 0.175. The van der Waals surface area contributed by atoms with Gasteiger partial charge in [0.1, 0.15) is 10.6 Å². The molecule has 2 aromatic rings. The maximum Gasteiger partial charge on any atom is 0.255 e. The van der Waals surface area contributed by atoms with Gasteiger partial charge >= 0.3 is 0 Å². The van der Waals surface area contributed by atoms with Gasteiger partial charge in [-0.1, -0.05) is 11.6 Å². The Kier molecular flexibility index (Phi) is 4.05. The zero-order valence-electron chi connectivity index (χ0n) is 9.27. The van der Waals surface area contributed by atoms with Crippen LogP contribution in [-0.4, -0.2) is 16.8 Å². The molecule has 1 amide bonds. The van der Waals surface area contributed by atoms with Crippen molar-refractivity contribution in [2.24, 2.45) is 5.73 Å². The van der Waals surface area contributed by atoms with Crippen molar-refractivity contribution in [3.63, 3.8) is 0 Å². The summed E-state index contributed by atoms with van der Waals surface area (Å²) < 4.78 is 4.67. The van der Waals surface area contributed by atoms with E-state index in [1.165, 1.54) is 16.2 Å². The van der Waals surface area contributed by atoms with E-state index in [0.29, 0.717) is 11.5 Å². The van der Waals surface area contributed by atoms with E-state index in [9.17, 15) is 4.79 Å². The molecule has 0 bridgehead atoms. The van der Waals surface area contributed by atoms with Gasteiger partial charge in [0.25, 0.3) is 5.91 Å². The quantitative estimate of drug-likeness (QED) is 0.789. The summed E-state index contributed by atoms with van der Waals surface area (Å²) in [5, 5.41) is 3.73. The molecule has 0 radical (unpaired) electrons. The van der Waals surface area contributed by atoms with Crippen molar-refractivity contribution >= 4 is 51.2 Å². The maximum atomic E-state index is 11.2. The summed E-state index contributed by atoms with van der Waals surface area (Å²) in [7, 11) is 0. The molecule has 0 aliphatic heterocycles. The van der Waals surface area contributed by atoms with E-state index in [-0.39, 0.29) is 11.4 Å². The van der Waals surface area contributed by atoms with Gasteiger partial charge in [0.15, 0.2) is 5.82 Å². The van der Waals surface area contributed by atoms with Gasteiger partial charge in [-0.15, -0.1) is 11.3 Å². The summed E-state index contributed by atoms with van der Waals surface area (Å²) in [6.45, 7) is 0.665. The first-order valence-corrected chi connectivity index (χ1v) is 7.07. The number of nitrogens with zero attached hydrogens (tertiary/aromatic N) is 1. The van der Waals surface area contributed by atoms with Crippen molar-refractivity contribution in [2.45, 2.75) is 6.42 Å². The zero-order chi connectivity index (χ0) is 13.1. The molecule has 8 heteroatoms. The monoisotopic (exact) mass is 302 g/mol. The number of nitrogens with one attached hydrogen (secondary N) is 1. The van der Waals surface area contributed by atoms with Crippen molar-refractivity contribution in [1.82, 2.24) is 4.37 Å². The number of carbonyl (C=O) groups excluding carboxylic acids is 1. The molecule has 0 spiro atoms. The molecular weight excluding hydrogens is 292 g/mol. The Morgan fingerprint density at radius 1 is 1.50 bits per heavy atom. The Hall–Kier alpha value is -1.31. The molecule has 5 N–H and O–H groups in total. The number of amides is 1. The molecule has 96 valence electrons. The lowest BCUT2D eigenvalue weighted by Gasteiger charge is -2.03. The highest BCUT2D eigenvalue weighted by Crippen LogP contribution is 2.26. The van der Waals surface area contributed by atoms with Crippen LogP contribution in [0, 0.1) is 0 Å². The van der Waals surface area contributed by atoms with E-state index in [2.05, 4.69) is 9.69 Å². The van der Waals surface area contributed by atoms with Crippen LogP contribution in [0.25, 0.3) is 0 Å². The Labute approximate surface area is 117 Å². The van der Waals surface area contributed by atoms with Crippen molar-refractivity contribution < 1.29 is 4.79 Å². The Morgan fingerprint density at radius 3 is 2.89 bits per heavy atom. The number of aromatic nitrogens is 1. The lowest BCUT2D eigenvalue weighted by atomic mass is 10.3. The Balaban J connectivity index is 1.96. The molecule has 2 rings (SSSR count). The van der Waals surface area contributed by atoms with Crippen molar-refractivity contribution in [1.29, 1.82) is 0 Å². The number of thiophene rings is 1. The van der Waals surface area contributed by atoms with Gasteiger partial charge in [-0.25, -0.2) is 0 Å². The van der Waals surface area contributed by atoms with Crippen LogP contribution in [0.15, 0.2) is 12.1 Å². The molecule has 0 saturated carbocycles. The summed E-state index contributed by atoms with van der Waals surface area (Å²) >= 11 is 8.51. The van der Waals surface area contributed by atoms with Crippen LogP contribution in [0.2, 0.25) is 4.34 Å². The van der Waals surface area contributed by atoms with Gasteiger partial charge in [-0.3, -0.25) is 4.79 Å². The molecule has 0 aromatic carbocycles. The number of rotatable bonds is 5. The second-order valence-corrected chi connectivity index (χ2v) is 6.09. The molecular formula is C10H11ClN4OS2. The fourth-order valence-electron chi connectivity index (χ4n) is 1.45. The fraction of sp³-hybridized carbons (Fsp3) is 0.200. The van der Waals surface area contributed by atoms with E-state index in [1.54, 1.807) is 0 Å². The number of hydrogen-bond donors (Lipinski definition) is 3. The number of anilines is 2. The first kappa shape index (κ1) is 13.1. The average Bonchev–Trinajstić information content (AvgIpc) is 2.86. The van der Waals surface area contributed by atoms with Gasteiger partial charge in [0.05, 0.1) is 4.34 Å². The average molecular weight is 303 g/mol. The minimum atomic E-state index is -0.567. The Bertz CT molecular complexity index is 566. The second-order valence-electron chi connectivity index (χ2n) is 3.52. The zero-order valence-corrected chi connectivity index (χ0v) is 11.7. The minimum Gasteiger partial charge on any atom is -0.382 e. The van der Waals surface area contributed by atoms with Crippen LogP contribution in [0.3, 0.4) is 0 Å². The molecule has 0 aliphatic carbocycles. The standard InChI is InChI=1S/C10H11ClN4OS2/c11-6-2-1-5(17-6)3-4-14-10-7(9(13)16)8(12)15-18-10/h1-2,14H,3-4H2,(H2,12,15)(H2,13,16). The van der Waals surface area contributed by atoms with Crippen LogP contribution in [0.5, 0.6) is 0 Å². The number of primary amides is 1. The molecule has 0 unspecified atom stereocenters. The SMILES string of the molecule is NC(=O)c1c(N)nsc1NCCc1ccc(Cl)s1. The van der Waals surface area contributed by atoms with Crippen LogP contribution in [0.4, 0.5) is 10.8 Å². The largest absolute Gasteiger partial charge is 0.382 e. The van der Waals surface area contributed by atoms with Crippen LogP contribution < -0.4 is 16.8 Å². The highest BCUT2D eigenvalue weighted by Gasteiger charge is 2.16. The van der Waals surface area contributed by atoms with Crippen molar-refractivity contribution in [2.75, 3.05) is 17.6 Å². The summed E-state index contributed by atoms with van der Waals surface area (Å²) in [4.78, 5) is 12.4. The molecule has 2 heterocycles. The maximum absolute atomic E-state index is 11.2. The first-order valence-electron chi connectivity index (χ1n) is 5.11. The predicted molar refractivity (Wildman–Crippen MR) is 76.6 cm³/mol. The van der Waals surface area contributed by atoms with E-state index in [0.717, 1.165) is 22.3 Å². The lowest BCUT2D eigenvalue weighted by molar-refractivity contribution is 0.100. The molecule has 18 heavy (non-hydrogen) atoms. The molecule has 5 nitrogen and oxygen atoms in total. The first-order chi connectivity index (χ1) is 8.58. The lowest BCUT2D eigenvalue weighted by Crippen LogP contribution is -2.15. The summed E-state index contributed by atoms with van der Waals surface area (Å²) in [6, 6.07) is 3.84. The van der Waals surface area contributed by atoms with Crippen LogP contribution >= 0.6 is 34.5 Å². The second kappa shape index (κ2) is 5.55. The smallest absolute Gasteiger partial charge is 0.255 e. The molecule has 0 fully saturated rings. The van der Waals surface area contributed by atoms with E-state index in [4.69, 9.17) is 23.1 Å². The highest BCUT2D eigenvalue weighted by atomic mass is 35.5. The normalized spacial score (nSPS) is 10.5. The number of halogens is 1. The van der Waals surface area contributed by atoms with E-state index in [1.807, 2.05) is 12.1 Å². The summed E-state index contributed by atoms with van der Waals surface area (Å²) in [6.07, 6.45) is 0.813. The van der Waals surface area contributed by atoms with Gasteiger partial charge in [0, 0.05) is 11.4 Å². The number of hydrogen-bond acceptors (Lipinski definition) is 6. The van der Waals surface area contributed by atoms with Gasteiger partial charge in [-0.05, 0) is 30.1 Å². The van der Waals surface area contributed by atoms with Gasteiger partial charge < -0.3 is 16.8 Å². The topological polar surface area (TPSA) is 94.0 Å². The van der Waals surface area contributed by atoms with Gasteiger partial charge in [0.2, 0.25) is 0 Å². The van der Waals surface area contributed by atoms with E-state index >= 15 is 0 Å². The third-order valence-electron chi connectivity index (χ3n) is 2.25. The number of nitrogens with two attached hydrogens (primary N) is 2. The van der Waals surface area contributed by atoms with Gasteiger partial charge in [-0.2, -0.15) is 4.37 Å². The number of carbonyl (C=O) groups is 1. The van der Waals surface area contributed by atoms with E-state index < -0.39 is 5.91 Å². The molecule has 0 atom stereocenters. The molecule has 0 aliphatic rings.